The van der Waals surface area contributed by atoms with Gasteiger partial charge in [0.2, 0.25) is 5.91 Å². The molecule has 8 nitrogen and oxygen atoms in total. The summed E-state index contributed by atoms with van der Waals surface area (Å²) in [5, 5.41) is 13.2. The van der Waals surface area contributed by atoms with E-state index in [1.54, 1.807) is 6.20 Å². The van der Waals surface area contributed by atoms with Crippen molar-refractivity contribution in [2.24, 2.45) is 5.73 Å². The lowest BCUT2D eigenvalue weighted by Gasteiger charge is -2.15. The summed E-state index contributed by atoms with van der Waals surface area (Å²) in [7, 11) is 0. The quantitative estimate of drug-likeness (QED) is 0.182. The van der Waals surface area contributed by atoms with Gasteiger partial charge in [-0.05, 0) is 23.6 Å². The molecule has 0 aliphatic heterocycles. The lowest BCUT2D eigenvalue weighted by molar-refractivity contribution is -0.121. The van der Waals surface area contributed by atoms with E-state index in [-0.39, 0.29) is 48.3 Å². The maximum atomic E-state index is 14.4. The molecule has 5 N–H and O–H groups in total. The average Bonchev–Trinajstić information content (AvgIpc) is 2.91. The summed E-state index contributed by atoms with van der Waals surface area (Å²) in [6.07, 6.45) is 2.27. The SMILES string of the molecule is Cl.N=C(N)c1ccc(CNC(=O)Cn2c(-c3ccccc3)cnc(NCCc3ccccc3)c2=O)c(F)c1. The molecule has 196 valence electrons. The van der Waals surface area contributed by atoms with Gasteiger partial charge in [0.15, 0.2) is 5.82 Å². The number of halogens is 2. The maximum absolute atomic E-state index is 14.4. The first kappa shape index (κ1) is 28.1. The number of hydrogen-bond donors (Lipinski definition) is 4. The molecule has 4 aromatic rings. The van der Waals surface area contributed by atoms with Crippen molar-refractivity contribution in [2.75, 3.05) is 11.9 Å². The van der Waals surface area contributed by atoms with Gasteiger partial charge in [0, 0.05) is 24.2 Å². The molecule has 4 rings (SSSR count). The number of nitrogen functional groups attached to an aromatic ring is 1. The standard InChI is InChI=1S/C28H27FN6O2.ClH/c29-23-15-21(26(30)31)11-12-22(23)16-33-25(36)18-35-24(20-9-5-2-6-10-20)17-34-27(28(35)37)32-14-13-19-7-3-1-4-8-19;/h1-12,15,17H,13-14,16,18H2,(H3,30,31)(H,32,34)(H,33,36);1H. The van der Waals surface area contributed by atoms with Gasteiger partial charge in [0.25, 0.3) is 5.56 Å². The summed E-state index contributed by atoms with van der Waals surface area (Å²) in [5.74, 6) is -1.14. The third-order valence-corrected chi connectivity index (χ3v) is 5.81. The highest BCUT2D eigenvalue weighted by Gasteiger charge is 2.15. The van der Waals surface area contributed by atoms with Crippen molar-refractivity contribution >= 4 is 30.0 Å². The van der Waals surface area contributed by atoms with Crippen LogP contribution < -0.4 is 21.9 Å². The number of carbonyl (C=O) groups excluding carboxylic acids is 1. The second kappa shape index (κ2) is 13.2. The first-order valence-corrected chi connectivity index (χ1v) is 11.7. The second-order valence-corrected chi connectivity index (χ2v) is 8.41. The predicted molar refractivity (Wildman–Crippen MR) is 149 cm³/mol. The molecule has 0 saturated heterocycles. The Morgan fingerprint density at radius 3 is 2.37 bits per heavy atom. The molecule has 0 radical (unpaired) electrons. The van der Waals surface area contributed by atoms with Crippen molar-refractivity contribution in [2.45, 2.75) is 19.5 Å². The molecule has 0 fully saturated rings. The van der Waals surface area contributed by atoms with Crippen molar-refractivity contribution in [3.05, 3.63) is 118 Å². The monoisotopic (exact) mass is 534 g/mol. The Bertz CT molecular complexity index is 1460. The van der Waals surface area contributed by atoms with Crippen molar-refractivity contribution in [1.82, 2.24) is 14.9 Å². The predicted octanol–water partition coefficient (Wildman–Crippen LogP) is 3.73. The van der Waals surface area contributed by atoms with Crippen LogP contribution in [0.1, 0.15) is 16.7 Å². The van der Waals surface area contributed by atoms with Crippen LogP contribution in [0, 0.1) is 11.2 Å². The first-order valence-electron chi connectivity index (χ1n) is 11.7. The molecule has 38 heavy (non-hydrogen) atoms. The van der Waals surface area contributed by atoms with E-state index < -0.39 is 17.3 Å². The molecule has 1 aromatic heterocycles. The van der Waals surface area contributed by atoms with Crippen molar-refractivity contribution in [3.63, 3.8) is 0 Å². The van der Waals surface area contributed by atoms with Crippen LogP contribution in [0.3, 0.4) is 0 Å². The number of amidine groups is 1. The fourth-order valence-electron chi connectivity index (χ4n) is 3.83. The van der Waals surface area contributed by atoms with E-state index in [2.05, 4.69) is 15.6 Å². The Morgan fingerprint density at radius 1 is 1.03 bits per heavy atom. The van der Waals surface area contributed by atoms with Crippen LogP contribution >= 0.6 is 12.4 Å². The normalized spacial score (nSPS) is 10.3. The van der Waals surface area contributed by atoms with Gasteiger partial charge in [0.05, 0.1) is 11.9 Å². The van der Waals surface area contributed by atoms with Gasteiger partial charge >= 0.3 is 0 Å². The summed E-state index contributed by atoms with van der Waals surface area (Å²) >= 11 is 0. The molecule has 0 spiro atoms. The van der Waals surface area contributed by atoms with E-state index in [1.807, 2.05) is 60.7 Å². The number of carbonyl (C=O) groups is 1. The zero-order valence-corrected chi connectivity index (χ0v) is 21.3. The van der Waals surface area contributed by atoms with Crippen LogP contribution in [0.25, 0.3) is 11.3 Å². The molecule has 3 aromatic carbocycles. The summed E-state index contributed by atoms with van der Waals surface area (Å²) in [6, 6.07) is 23.2. The molecule has 10 heteroatoms. The van der Waals surface area contributed by atoms with Gasteiger partial charge < -0.3 is 16.4 Å². The van der Waals surface area contributed by atoms with Gasteiger partial charge in [-0.1, -0.05) is 72.8 Å². The third kappa shape index (κ3) is 7.04. The van der Waals surface area contributed by atoms with Gasteiger partial charge in [0.1, 0.15) is 18.2 Å². The molecule has 1 amide bonds. The summed E-state index contributed by atoms with van der Waals surface area (Å²) in [5.41, 5.74) is 7.82. The Kier molecular flexibility index (Phi) is 9.72. The van der Waals surface area contributed by atoms with Crippen LogP contribution in [-0.2, 0) is 24.3 Å². The highest BCUT2D eigenvalue weighted by Crippen LogP contribution is 2.18. The number of aromatic nitrogens is 2. The number of amides is 1. The second-order valence-electron chi connectivity index (χ2n) is 8.41. The molecule has 0 aliphatic rings. The van der Waals surface area contributed by atoms with Crippen LogP contribution in [0.15, 0.2) is 89.9 Å². The smallest absolute Gasteiger partial charge is 0.294 e. The minimum atomic E-state index is -0.580. The zero-order chi connectivity index (χ0) is 26.2. The summed E-state index contributed by atoms with van der Waals surface area (Å²) < 4.78 is 15.7. The average molecular weight is 535 g/mol. The summed E-state index contributed by atoms with van der Waals surface area (Å²) in [6.45, 7) is 0.149. The number of anilines is 1. The molecule has 1 heterocycles. The van der Waals surface area contributed by atoms with Gasteiger partial charge in [-0.15, -0.1) is 12.4 Å². The van der Waals surface area contributed by atoms with Gasteiger partial charge in [-0.25, -0.2) is 9.37 Å². The van der Waals surface area contributed by atoms with Crippen LogP contribution in [0.4, 0.5) is 10.2 Å². The fourth-order valence-corrected chi connectivity index (χ4v) is 3.83. The van der Waals surface area contributed by atoms with Crippen molar-refractivity contribution in [3.8, 4) is 11.3 Å². The number of hydrogen-bond acceptors (Lipinski definition) is 5. The molecule has 0 bridgehead atoms. The zero-order valence-electron chi connectivity index (χ0n) is 20.5. The van der Waals surface area contributed by atoms with Crippen LogP contribution in [0.2, 0.25) is 0 Å². The number of nitrogens with zero attached hydrogens (tertiary/aromatic N) is 2. The minimum Gasteiger partial charge on any atom is -0.384 e. The maximum Gasteiger partial charge on any atom is 0.294 e. The van der Waals surface area contributed by atoms with E-state index in [9.17, 15) is 14.0 Å². The highest BCUT2D eigenvalue weighted by molar-refractivity contribution is 5.94. The first-order chi connectivity index (χ1) is 17.9. The van der Waals surface area contributed by atoms with Crippen LogP contribution in [-0.4, -0.2) is 27.8 Å². The molecule has 0 saturated carbocycles. The summed E-state index contributed by atoms with van der Waals surface area (Å²) in [4.78, 5) is 30.5. The minimum absolute atomic E-state index is 0. The molecule has 0 aliphatic carbocycles. The van der Waals surface area contributed by atoms with E-state index in [4.69, 9.17) is 11.1 Å². The van der Waals surface area contributed by atoms with E-state index in [0.717, 1.165) is 17.2 Å². The number of benzene rings is 3. The van der Waals surface area contributed by atoms with Crippen molar-refractivity contribution in [1.29, 1.82) is 5.41 Å². The lowest BCUT2D eigenvalue weighted by Crippen LogP contribution is -2.34. The van der Waals surface area contributed by atoms with E-state index in [0.29, 0.717) is 18.7 Å². The molecule has 0 atom stereocenters. The van der Waals surface area contributed by atoms with Gasteiger partial charge in [-0.3, -0.25) is 19.6 Å². The van der Waals surface area contributed by atoms with Gasteiger partial charge in [-0.2, -0.15) is 0 Å². The fraction of sp³-hybridized carbons (Fsp3) is 0.143. The lowest BCUT2D eigenvalue weighted by atomic mass is 10.1. The van der Waals surface area contributed by atoms with E-state index in [1.165, 1.54) is 16.7 Å². The Labute approximate surface area is 225 Å². The van der Waals surface area contributed by atoms with Crippen LogP contribution in [0.5, 0.6) is 0 Å². The largest absolute Gasteiger partial charge is 0.384 e. The number of nitrogens with one attached hydrogen (secondary N) is 3. The van der Waals surface area contributed by atoms with E-state index >= 15 is 0 Å². The highest BCUT2D eigenvalue weighted by atomic mass is 35.5. The number of nitrogens with two attached hydrogens (primary N) is 1. The Hall–Kier alpha value is -4.50. The Balaban J connectivity index is 0.00000400. The topological polar surface area (TPSA) is 126 Å². The van der Waals surface area contributed by atoms with Crippen molar-refractivity contribution < 1.29 is 9.18 Å². The molecular formula is C28H28ClFN6O2. The number of rotatable bonds is 10. The molecular weight excluding hydrogens is 507 g/mol. The third-order valence-electron chi connectivity index (χ3n) is 5.81. The Morgan fingerprint density at radius 2 is 1.71 bits per heavy atom. The molecule has 0 unspecified atom stereocenters.